The van der Waals surface area contributed by atoms with Gasteiger partial charge in [0.25, 0.3) is 0 Å². The highest BCUT2D eigenvalue weighted by Gasteiger charge is 2.10. The van der Waals surface area contributed by atoms with Gasteiger partial charge < -0.3 is 10.5 Å². The topological polar surface area (TPSA) is 35.2 Å². The van der Waals surface area contributed by atoms with E-state index in [1.54, 1.807) is 12.1 Å². The van der Waals surface area contributed by atoms with Crippen LogP contribution in [0.3, 0.4) is 0 Å². The fourth-order valence-electron chi connectivity index (χ4n) is 2.23. The molecular formula is C17H19F2NO. The maximum atomic E-state index is 12.1. The second kappa shape index (κ2) is 7.18. The van der Waals surface area contributed by atoms with Crippen molar-refractivity contribution in [1.29, 1.82) is 0 Å². The van der Waals surface area contributed by atoms with Gasteiger partial charge in [0, 0.05) is 0 Å². The van der Waals surface area contributed by atoms with Gasteiger partial charge in [-0.1, -0.05) is 49.7 Å². The van der Waals surface area contributed by atoms with Crippen molar-refractivity contribution >= 4 is 0 Å². The van der Waals surface area contributed by atoms with E-state index in [4.69, 9.17) is 5.73 Å². The van der Waals surface area contributed by atoms with Crippen LogP contribution in [0.5, 0.6) is 5.75 Å². The number of alkyl halides is 2. The summed E-state index contributed by atoms with van der Waals surface area (Å²) in [6.07, 6.45) is 2.16. The van der Waals surface area contributed by atoms with E-state index in [9.17, 15) is 8.78 Å². The molecule has 0 aliphatic carbocycles. The monoisotopic (exact) mass is 291 g/mol. The van der Waals surface area contributed by atoms with E-state index in [-0.39, 0.29) is 11.8 Å². The Morgan fingerprint density at radius 2 is 1.48 bits per heavy atom. The lowest BCUT2D eigenvalue weighted by atomic mass is 9.98. The van der Waals surface area contributed by atoms with Crippen molar-refractivity contribution in [2.75, 3.05) is 0 Å². The Hall–Kier alpha value is -1.94. The van der Waals surface area contributed by atoms with Crippen molar-refractivity contribution in [2.45, 2.75) is 32.4 Å². The Labute approximate surface area is 123 Å². The SMILES string of the molecule is CCCc1ccc(C(N)c2ccc(OC(F)F)cc2)cc1. The molecule has 0 fully saturated rings. The van der Waals surface area contributed by atoms with Crippen molar-refractivity contribution in [1.82, 2.24) is 0 Å². The van der Waals surface area contributed by atoms with Crippen LogP contribution >= 0.6 is 0 Å². The molecule has 21 heavy (non-hydrogen) atoms. The maximum absolute atomic E-state index is 12.1. The second-order valence-corrected chi connectivity index (χ2v) is 4.92. The average molecular weight is 291 g/mol. The molecule has 0 aliphatic heterocycles. The molecule has 0 spiro atoms. The molecule has 0 amide bonds. The molecule has 1 unspecified atom stereocenters. The van der Waals surface area contributed by atoms with E-state index >= 15 is 0 Å². The number of rotatable bonds is 6. The Morgan fingerprint density at radius 3 is 1.95 bits per heavy atom. The predicted octanol–water partition coefficient (Wildman–Crippen LogP) is 4.29. The molecule has 0 saturated heterocycles. The van der Waals surface area contributed by atoms with Gasteiger partial charge in [-0.05, 0) is 35.2 Å². The zero-order valence-corrected chi connectivity index (χ0v) is 11.9. The summed E-state index contributed by atoms with van der Waals surface area (Å²) in [5.41, 5.74) is 9.35. The van der Waals surface area contributed by atoms with Gasteiger partial charge in [-0.25, -0.2) is 0 Å². The molecule has 2 aromatic carbocycles. The summed E-state index contributed by atoms with van der Waals surface area (Å²) in [4.78, 5) is 0. The van der Waals surface area contributed by atoms with Crippen molar-refractivity contribution in [3.8, 4) is 5.75 Å². The smallest absolute Gasteiger partial charge is 0.387 e. The largest absolute Gasteiger partial charge is 0.435 e. The molecule has 112 valence electrons. The molecule has 2 aromatic rings. The lowest BCUT2D eigenvalue weighted by Crippen LogP contribution is -2.12. The molecular weight excluding hydrogens is 272 g/mol. The molecule has 0 aliphatic rings. The van der Waals surface area contributed by atoms with E-state index in [1.165, 1.54) is 17.7 Å². The summed E-state index contributed by atoms with van der Waals surface area (Å²) >= 11 is 0. The molecule has 1 atom stereocenters. The highest BCUT2D eigenvalue weighted by atomic mass is 19.3. The van der Waals surface area contributed by atoms with Crippen molar-refractivity contribution < 1.29 is 13.5 Å². The molecule has 2 rings (SSSR count). The maximum Gasteiger partial charge on any atom is 0.387 e. The minimum atomic E-state index is -2.81. The summed E-state index contributed by atoms with van der Waals surface area (Å²) in [6, 6.07) is 14.3. The minimum Gasteiger partial charge on any atom is -0.435 e. The van der Waals surface area contributed by atoms with E-state index in [0.29, 0.717) is 0 Å². The third kappa shape index (κ3) is 4.26. The molecule has 4 heteroatoms. The summed E-state index contributed by atoms with van der Waals surface area (Å²) in [5.74, 6) is 0.138. The van der Waals surface area contributed by atoms with Gasteiger partial charge in [0.15, 0.2) is 0 Å². The van der Waals surface area contributed by atoms with Gasteiger partial charge in [0.1, 0.15) is 5.75 Å². The van der Waals surface area contributed by atoms with Gasteiger partial charge in [-0.15, -0.1) is 0 Å². The molecule has 0 aromatic heterocycles. The highest BCUT2D eigenvalue weighted by Crippen LogP contribution is 2.23. The van der Waals surface area contributed by atoms with Crippen LogP contribution in [0.1, 0.15) is 36.1 Å². The van der Waals surface area contributed by atoms with Crippen LogP contribution in [-0.2, 0) is 6.42 Å². The zero-order valence-electron chi connectivity index (χ0n) is 11.9. The summed E-state index contributed by atoms with van der Waals surface area (Å²) in [6.45, 7) is -0.668. The van der Waals surface area contributed by atoms with Gasteiger partial charge >= 0.3 is 6.61 Å². The quantitative estimate of drug-likeness (QED) is 0.861. The number of aryl methyl sites for hydroxylation is 1. The number of hydrogen-bond donors (Lipinski definition) is 1. The van der Waals surface area contributed by atoms with Crippen LogP contribution in [0, 0.1) is 0 Å². The van der Waals surface area contributed by atoms with Crippen molar-refractivity contribution in [2.24, 2.45) is 5.73 Å². The number of ether oxygens (including phenoxy) is 1. The molecule has 0 heterocycles. The lowest BCUT2D eigenvalue weighted by molar-refractivity contribution is -0.0498. The Balaban J connectivity index is 2.09. The first kappa shape index (κ1) is 15.4. The van der Waals surface area contributed by atoms with Gasteiger partial charge in [-0.2, -0.15) is 8.78 Å². The Bertz CT molecular complexity index is 552. The normalized spacial score (nSPS) is 12.4. The lowest BCUT2D eigenvalue weighted by Gasteiger charge is -2.14. The standard InChI is InChI=1S/C17H19F2NO/c1-2-3-12-4-6-13(7-5-12)16(20)14-8-10-15(11-9-14)21-17(18)19/h4-11,16-17H,2-3,20H2,1H3. The second-order valence-electron chi connectivity index (χ2n) is 4.92. The summed E-state index contributed by atoms with van der Waals surface area (Å²) in [7, 11) is 0. The van der Waals surface area contributed by atoms with Crippen molar-refractivity contribution in [3.63, 3.8) is 0 Å². The molecule has 0 bridgehead atoms. The zero-order chi connectivity index (χ0) is 15.2. The number of halogens is 2. The number of benzene rings is 2. The first-order chi connectivity index (χ1) is 10.1. The Morgan fingerprint density at radius 1 is 0.952 bits per heavy atom. The average Bonchev–Trinajstić information content (AvgIpc) is 2.48. The van der Waals surface area contributed by atoms with Crippen molar-refractivity contribution in [3.05, 3.63) is 65.2 Å². The van der Waals surface area contributed by atoms with Crippen LogP contribution in [0.15, 0.2) is 48.5 Å². The fraction of sp³-hybridized carbons (Fsp3) is 0.294. The van der Waals surface area contributed by atoms with E-state index in [2.05, 4.69) is 23.8 Å². The Kier molecular flexibility index (Phi) is 5.28. The minimum absolute atomic E-state index is 0.138. The van der Waals surface area contributed by atoms with Crippen LogP contribution in [-0.4, -0.2) is 6.61 Å². The molecule has 2 N–H and O–H groups in total. The highest BCUT2D eigenvalue weighted by molar-refractivity contribution is 5.36. The first-order valence-electron chi connectivity index (χ1n) is 6.99. The van der Waals surface area contributed by atoms with E-state index in [1.807, 2.05) is 12.1 Å². The van der Waals surface area contributed by atoms with Gasteiger partial charge in [-0.3, -0.25) is 0 Å². The van der Waals surface area contributed by atoms with Crippen LogP contribution in [0.2, 0.25) is 0 Å². The van der Waals surface area contributed by atoms with Crippen LogP contribution in [0.4, 0.5) is 8.78 Å². The van der Waals surface area contributed by atoms with E-state index < -0.39 is 6.61 Å². The third-order valence-corrected chi connectivity index (χ3v) is 3.34. The number of nitrogens with two attached hydrogens (primary N) is 1. The first-order valence-corrected chi connectivity index (χ1v) is 6.99. The summed E-state index contributed by atoms with van der Waals surface area (Å²) in [5, 5.41) is 0. The van der Waals surface area contributed by atoms with Gasteiger partial charge in [0.2, 0.25) is 0 Å². The summed E-state index contributed by atoms with van der Waals surface area (Å²) < 4.78 is 28.5. The molecule has 0 saturated carbocycles. The van der Waals surface area contributed by atoms with Crippen LogP contribution in [0.25, 0.3) is 0 Å². The predicted molar refractivity (Wildman–Crippen MR) is 79.5 cm³/mol. The van der Waals surface area contributed by atoms with Crippen LogP contribution < -0.4 is 10.5 Å². The third-order valence-electron chi connectivity index (χ3n) is 3.34. The fourth-order valence-corrected chi connectivity index (χ4v) is 2.23. The molecule has 0 radical (unpaired) electrons. The molecule has 2 nitrogen and oxygen atoms in total. The van der Waals surface area contributed by atoms with Gasteiger partial charge in [0.05, 0.1) is 6.04 Å². The van der Waals surface area contributed by atoms with E-state index in [0.717, 1.165) is 24.0 Å². The number of hydrogen-bond acceptors (Lipinski definition) is 2.